The quantitative estimate of drug-likeness (QED) is 0.682. The lowest BCUT2D eigenvalue weighted by Gasteiger charge is -2.05. The maximum Gasteiger partial charge on any atom is 0.329 e. The predicted octanol–water partition coefficient (Wildman–Crippen LogP) is 1.32. The van der Waals surface area contributed by atoms with Gasteiger partial charge >= 0.3 is 7.60 Å². The number of hydrogen-bond donors (Lipinski definition) is 3. The molecule has 0 aliphatic heterocycles. The minimum atomic E-state index is -4.02. The van der Waals surface area contributed by atoms with E-state index in [0.717, 1.165) is 0 Å². The minimum Gasteiger partial charge on any atom is -0.326 e. The number of hydrogen-bond acceptors (Lipinski definition) is 2. The summed E-state index contributed by atoms with van der Waals surface area (Å²) in [6.07, 6.45) is -0.284. The van der Waals surface area contributed by atoms with Crippen molar-refractivity contribution in [3.8, 4) is 0 Å². The lowest BCUT2D eigenvalue weighted by atomic mass is 10.2. The third-order valence-corrected chi connectivity index (χ3v) is 2.44. The van der Waals surface area contributed by atoms with E-state index in [-0.39, 0.29) is 12.1 Å². The molecule has 1 amide bonds. The van der Waals surface area contributed by atoms with Crippen molar-refractivity contribution < 1.29 is 19.1 Å². The summed E-state index contributed by atoms with van der Waals surface area (Å²) >= 11 is 0. The van der Waals surface area contributed by atoms with Crippen molar-refractivity contribution in [1.29, 1.82) is 0 Å². The number of carbonyl (C=O) groups excluding carboxylic acids is 1. The highest BCUT2D eigenvalue weighted by Gasteiger charge is 2.13. The van der Waals surface area contributed by atoms with E-state index in [4.69, 9.17) is 9.79 Å². The molecule has 15 heavy (non-hydrogen) atoms. The molecule has 0 heterocycles. The molecule has 0 unspecified atom stereocenters. The van der Waals surface area contributed by atoms with Crippen LogP contribution in [0.15, 0.2) is 24.3 Å². The third-order valence-electron chi connectivity index (χ3n) is 1.66. The van der Waals surface area contributed by atoms with E-state index in [9.17, 15) is 9.36 Å². The van der Waals surface area contributed by atoms with Crippen molar-refractivity contribution in [3.05, 3.63) is 29.8 Å². The van der Waals surface area contributed by atoms with Gasteiger partial charge in [-0.2, -0.15) is 0 Å². The summed E-state index contributed by atoms with van der Waals surface area (Å²) in [5.41, 5.74) is 1.15. The molecule has 1 aromatic carbocycles. The van der Waals surface area contributed by atoms with E-state index in [1.54, 1.807) is 24.3 Å². The number of nitrogens with one attached hydrogen (secondary N) is 1. The maximum atomic E-state index is 10.7. The highest BCUT2D eigenvalue weighted by atomic mass is 31.2. The third kappa shape index (κ3) is 4.74. The molecule has 0 fully saturated rings. The van der Waals surface area contributed by atoms with Crippen LogP contribution in [0.25, 0.3) is 0 Å². The van der Waals surface area contributed by atoms with Crippen molar-refractivity contribution in [1.82, 2.24) is 0 Å². The molecule has 82 valence electrons. The molecule has 1 aromatic rings. The van der Waals surface area contributed by atoms with Gasteiger partial charge in [0.05, 0.1) is 6.16 Å². The molecule has 0 radical (unpaired) electrons. The number of benzene rings is 1. The standard InChI is InChI=1S/C9H12NO4P/c1-7(11)10-9-4-2-8(3-5-9)6-15(12,13)14/h2-5H,6H2,1H3,(H,10,11)(H2,12,13,14). The monoisotopic (exact) mass is 229 g/mol. The molecule has 0 saturated heterocycles. The second-order valence-electron chi connectivity index (χ2n) is 3.20. The Balaban J connectivity index is 2.72. The Morgan fingerprint density at radius 2 is 1.87 bits per heavy atom. The van der Waals surface area contributed by atoms with Gasteiger partial charge in [-0.3, -0.25) is 9.36 Å². The van der Waals surface area contributed by atoms with Crippen LogP contribution in [0.2, 0.25) is 0 Å². The highest BCUT2D eigenvalue weighted by Crippen LogP contribution is 2.39. The molecule has 0 aromatic heterocycles. The van der Waals surface area contributed by atoms with Gasteiger partial charge in [-0.1, -0.05) is 12.1 Å². The van der Waals surface area contributed by atoms with Gasteiger partial charge in [-0.05, 0) is 17.7 Å². The normalized spacial score (nSPS) is 11.1. The first-order valence-electron chi connectivity index (χ1n) is 4.28. The fourth-order valence-corrected chi connectivity index (χ4v) is 1.82. The smallest absolute Gasteiger partial charge is 0.326 e. The van der Waals surface area contributed by atoms with Crippen LogP contribution in [0, 0.1) is 0 Å². The van der Waals surface area contributed by atoms with Gasteiger partial charge in [-0.15, -0.1) is 0 Å². The highest BCUT2D eigenvalue weighted by molar-refractivity contribution is 7.50. The molecular weight excluding hydrogens is 217 g/mol. The fraction of sp³-hybridized carbons (Fsp3) is 0.222. The van der Waals surface area contributed by atoms with Crippen LogP contribution in [-0.4, -0.2) is 15.7 Å². The van der Waals surface area contributed by atoms with Crippen LogP contribution in [0.4, 0.5) is 5.69 Å². The fourth-order valence-electron chi connectivity index (χ4n) is 1.13. The van der Waals surface area contributed by atoms with Crippen molar-refractivity contribution in [2.45, 2.75) is 13.1 Å². The van der Waals surface area contributed by atoms with Crippen molar-refractivity contribution in [3.63, 3.8) is 0 Å². The Hall–Kier alpha value is -1.16. The number of carbonyl (C=O) groups is 1. The van der Waals surface area contributed by atoms with Crippen LogP contribution >= 0.6 is 7.60 Å². The first-order valence-corrected chi connectivity index (χ1v) is 6.08. The van der Waals surface area contributed by atoms with E-state index in [2.05, 4.69) is 5.32 Å². The molecule has 1 rings (SSSR count). The average Bonchev–Trinajstić information content (AvgIpc) is 2.05. The second kappa shape index (κ2) is 4.57. The Kier molecular flexibility index (Phi) is 3.63. The summed E-state index contributed by atoms with van der Waals surface area (Å²) < 4.78 is 10.7. The van der Waals surface area contributed by atoms with Crippen molar-refractivity contribution in [2.24, 2.45) is 0 Å². The minimum absolute atomic E-state index is 0.183. The van der Waals surface area contributed by atoms with E-state index in [1.165, 1.54) is 6.92 Å². The molecule has 0 bridgehead atoms. The van der Waals surface area contributed by atoms with E-state index < -0.39 is 7.60 Å². The Bertz CT molecular complexity index is 395. The van der Waals surface area contributed by atoms with Crippen LogP contribution < -0.4 is 5.32 Å². The summed E-state index contributed by atoms with van der Waals surface area (Å²) in [6.45, 7) is 1.39. The molecule has 6 heteroatoms. The van der Waals surface area contributed by atoms with E-state index in [0.29, 0.717) is 11.3 Å². The van der Waals surface area contributed by atoms with E-state index >= 15 is 0 Å². The summed E-state index contributed by atoms with van der Waals surface area (Å²) in [4.78, 5) is 28.1. The second-order valence-corrected chi connectivity index (χ2v) is 4.85. The lowest BCUT2D eigenvalue weighted by molar-refractivity contribution is -0.114. The van der Waals surface area contributed by atoms with Gasteiger partial charge in [0.2, 0.25) is 5.91 Å². The van der Waals surface area contributed by atoms with Gasteiger partial charge in [-0.25, -0.2) is 0 Å². The summed E-state index contributed by atoms with van der Waals surface area (Å²) in [5, 5.41) is 2.56. The lowest BCUT2D eigenvalue weighted by Crippen LogP contribution is -2.05. The average molecular weight is 229 g/mol. The van der Waals surface area contributed by atoms with Gasteiger partial charge in [0, 0.05) is 12.6 Å². The van der Waals surface area contributed by atoms with Crippen LogP contribution in [0.1, 0.15) is 12.5 Å². The first kappa shape index (κ1) is 11.9. The van der Waals surface area contributed by atoms with Crippen LogP contribution in [0.3, 0.4) is 0 Å². The van der Waals surface area contributed by atoms with E-state index in [1.807, 2.05) is 0 Å². The summed E-state index contributed by atoms with van der Waals surface area (Å²) in [6, 6.07) is 6.35. The van der Waals surface area contributed by atoms with Gasteiger partial charge < -0.3 is 15.1 Å². The molecule has 0 aliphatic carbocycles. The number of anilines is 1. The van der Waals surface area contributed by atoms with Crippen LogP contribution in [-0.2, 0) is 15.5 Å². The number of amides is 1. The van der Waals surface area contributed by atoms with Crippen LogP contribution in [0.5, 0.6) is 0 Å². The maximum absolute atomic E-state index is 10.7. The predicted molar refractivity (Wildman–Crippen MR) is 56.5 cm³/mol. The van der Waals surface area contributed by atoms with Crippen molar-refractivity contribution >= 4 is 19.2 Å². The molecule has 0 saturated carbocycles. The summed E-state index contributed by atoms with van der Waals surface area (Å²) in [7, 11) is -4.02. The Labute approximate surface area is 87.3 Å². The zero-order chi connectivity index (χ0) is 11.5. The molecule has 5 nitrogen and oxygen atoms in total. The molecule has 0 atom stereocenters. The Morgan fingerprint density at radius 1 is 1.33 bits per heavy atom. The molecular formula is C9H12NO4P. The van der Waals surface area contributed by atoms with Gasteiger partial charge in [0.25, 0.3) is 0 Å². The van der Waals surface area contributed by atoms with Gasteiger partial charge in [0.15, 0.2) is 0 Å². The zero-order valence-electron chi connectivity index (χ0n) is 8.17. The SMILES string of the molecule is CC(=O)Nc1ccc(CP(=O)(O)O)cc1. The topological polar surface area (TPSA) is 86.6 Å². The molecule has 0 aliphatic rings. The summed E-state index contributed by atoms with van der Waals surface area (Å²) in [5.74, 6) is -0.183. The zero-order valence-corrected chi connectivity index (χ0v) is 9.07. The number of rotatable bonds is 3. The van der Waals surface area contributed by atoms with Crippen molar-refractivity contribution in [2.75, 3.05) is 5.32 Å². The largest absolute Gasteiger partial charge is 0.329 e. The molecule has 3 N–H and O–H groups in total. The molecule has 0 spiro atoms. The Morgan fingerprint density at radius 3 is 2.27 bits per heavy atom. The first-order chi connectivity index (χ1) is 6.87. The van der Waals surface area contributed by atoms with Gasteiger partial charge in [0.1, 0.15) is 0 Å².